The third-order valence-electron chi connectivity index (χ3n) is 3.16. The summed E-state index contributed by atoms with van der Waals surface area (Å²) in [6, 6.07) is 10.1. The quantitative estimate of drug-likeness (QED) is 0.867. The van der Waals surface area contributed by atoms with Gasteiger partial charge < -0.3 is 9.84 Å². The van der Waals surface area contributed by atoms with Gasteiger partial charge in [0.15, 0.2) is 0 Å². The highest BCUT2D eigenvalue weighted by atomic mass is 16.5. The Labute approximate surface area is 116 Å². The van der Waals surface area contributed by atoms with Crippen molar-refractivity contribution in [2.45, 2.75) is 6.92 Å². The van der Waals surface area contributed by atoms with Crippen LogP contribution in [0.2, 0.25) is 0 Å². The zero-order valence-corrected chi connectivity index (χ0v) is 11.2. The summed E-state index contributed by atoms with van der Waals surface area (Å²) in [6.07, 6.45) is 0.787. The molecule has 2 aromatic rings. The predicted molar refractivity (Wildman–Crippen MR) is 75.5 cm³/mol. The van der Waals surface area contributed by atoms with Crippen molar-refractivity contribution in [2.24, 2.45) is 0 Å². The van der Waals surface area contributed by atoms with Gasteiger partial charge >= 0.3 is 5.97 Å². The first kappa shape index (κ1) is 13.8. The highest BCUT2D eigenvalue weighted by Crippen LogP contribution is 2.32. The molecule has 0 aliphatic carbocycles. The molecular formula is C16H14O4. The van der Waals surface area contributed by atoms with Gasteiger partial charge in [-0.2, -0.15) is 0 Å². The van der Waals surface area contributed by atoms with E-state index in [1.54, 1.807) is 30.3 Å². The summed E-state index contributed by atoms with van der Waals surface area (Å²) in [4.78, 5) is 21.8. The fourth-order valence-electron chi connectivity index (χ4n) is 2.02. The molecule has 0 heterocycles. The Kier molecular flexibility index (Phi) is 3.84. The van der Waals surface area contributed by atoms with E-state index in [-0.39, 0.29) is 5.56 Å². The first-order chi connectivity index (χ1) is 9.56. The molecule has 2 aromatic carbocycles. The van der Waals surface area contributed by atoms with Gasteiger partial charge in [-0.1, -0.05) is 12.1 Å². The minimum Gasteiger partial charge on any atom is -0.496 e. The molecule has 0 fully saturated rings. The van der Waals surface area contributed by atoms with Crippen molar-refractivity contribution in [3.8, 4) is 16.9 Å². The summed E-state index contributed by atoms with van der Waals surface area (Å²) in [6.45, 7) is 1.85. The Bertz CT molecular complexity index is 657. The zero-order valence-electron chi connectivity index (χ0n) is 11.2. The maximum absolute atomic E-state index is 10.9. The molecule has 0 saturated heterocycles. The van der Waals surface area contributed by atoms with Crippen molar-refractivity contribution >= 4 is 12.3 Å². The lowest BCUT2D eigenvalue weighted by molar-refractivity contribution is 0.0696. The van der Waals surface area contributed by atoms with Crippen LogP contribution in [0.25, 0.3) is 11.1 Å². The molecule has 4 nitrogen and oxygen atoms in total. The van der Waals surface area contributed by atoms with E-state index in [0.29, 0.717) is 11.3 Å². The van der Waals surface area contributed by atoms with Gasteiger partial charge in [0.1, 0.15) is 12.0 Å². The van der Waals surface area contributed by atoms with E-state index in [4.69, 9.17) is 9.84 Å². The van der Waals surface area contributed by atoms with Crippen molar-refractivity contribution in [1.29, 1.82) is 0 Å². The van der Waals surface area contributed by atoms with Gasteiger partial charge in [-0.3, -0.25) is 4.79 Å². The van der Waals surface area contributed by atoms with E-state index in [2.05, 4.69) is 0 Å². The zero-order chi connectivity index (χ0) is 14.7. The Morgan fingerprint density at radius 1 is 1.20 bits per heavy atom. The molecule has 0 unspecified atom stereocenters. The van der Waals surface area contributed by atoms with Crippen LogP contribution in [0.5, 0.6) is 5.75 Å². The summed E-state index contributed by atoms with van der Waals surface area (Å²) in [5.41, 5.74) is 3.32. The number of benzene rings is 2. The topological polar surface area (TPSA) is 63.6 Å². The normalized spacial score (nSPS) is 10.1. The molecule has 0 bridgehead atoms. The van der Waals surface area contributed by atoms with Crippen LogP contribution in [-0.4, -0.2) is 24.5 Å². The third-order valence-corrected chi connectivity index (χ3v) is 3.16. The molecule has 0 atom stereocenters. The number of carbonyl (C=O) groups is 2. The summed E-state index contributed by atoms with van der Waals surface area (Å²) >= 11 is 0. The molecule has 1 N–H and O–H groups in total. The van der Waals surface area contributed by atoms with E-state index in [1.807, 2.05) is 13.0 Å². The number of aromatic carboxylic acids is 1. The number of carboxylic acid groups (broad SMARTS) is 1. The van der Waals surface area contributed by atoms with Crippen LogP contribution >= 0.6 is 0 Å². The first-order valence-corrected chi connectivity index (χ1v) is 6.04. The Hall–Kier alpha value is -2.62. The Morgan fingerprint density at radius 3 is 2.35 bits per heavy atom. The summed E-state index contributed by atoms with van der Waals surface area (Å²) in [7, 11) is 1.54. The minimum absolute atomic E-state index is 0.231. The molecule has 0 aliphatic heterocycles. The van der Waals surface area contributed by atoms with Crippen molar-refractivity contribution in [1.82, 2.24) is 0 Å². The number of hydrogen-bond acceptors (Lipinski definition) is 3. The van der Waals surface area contributed by atoms with Crippen LogP contribution in [0.1, 0.15) is 26.3 Å². The SMILES string of the molecule is COc1cc(C=O)c(C)cc1-c1ccc(C(=O)O)cc1. The van der Waals surface area contributed by atoms with Crippen molar-refractivity contribution in [3.05, 3.63) is 53.1 Å². The van der Waals surface area contributed by atoms with Crippen LogP contribution in [-0.2, 0) is 0 Å². The fourth-order valence-corrected chi connectivity index (χ4v) is 2.02. The number of carboxylic acids is 1. The number of aldehydes is 1. The second-order valence-corrected chi connectivity index (χ2v) is 4.41. The lowest BCUT2D eigenvalue weighted by Crippen LogP contribution is -1.96. The maximum atomic E-state index is 10.9. The fraction of sp³-hybridized carbons (Fsp3) is 0.125. The molecular weight excluding hydrogens is 256 g/mol. The van der Waals surface area contributed by atoms with Gasteiger partial charge in [0.05, 0.1) is 12.7 Å². The standard InChI is InChI=1S/C16H14O4/c1-10-7-14(15(20-2)8-13(10)9-17)11-3-5-12(6-4-11)16(18)19/h3-9H,1-2H3,(H,18,19). The average Bonchev–Trinajstić information content (AvgIpc) is 2.47. The summed E-state index contributed by atoms with van der Waals surface area (Å²) < 4.78 is 5.30. The summed E-state index contributed by atoms with van der Waals surface area (Å²) in [5, 5.41) is 8.90. The number of carbonyl (C=O) groups excluding carboxylic acids is 1. The van der Waals surface area contributed by atoms with Gasteiger partial charge in [0, 0.05) is 11.1 Å². The first-order valence-electron chi connectivity index (χ1n) is 6.04. The highest BCUT2D eigenvalue weighted by molar-refractivity contribution is 5.89. The van der Waals surface area contributed by atoms with Crippen LogP contribution in [0.15, 0.2) is 36.4 Å². The maximum Gasteiger partial charge on any atom is 0.335 e. The van der Waals surface area contributed by atoms with Gasteiger partial charge in [0.2, 0.25) is 0 Å². The van der Waals surface area contributed by atoms with Crippen molar-refractivity contribution < 1.29 is 19.4 Å². The second-order valence-electron chi connectivity index (χ2n) is 4.41. The molecule has 4 heteroatoms. The molecule has 0 aliphatic rings. The number of rotatable bonds is 4. The summed E-state index contributed by atoms with van der Waals surface area (Å²) in [5.74, 6) is -0.378. The van der Waals surface area contributed by atoms with Crippen LogP contribution in [0.3, 0.4) is 0 Å². The van der Waals surface area contributed by atoms with E-state index in [1.165, 1.54) is 7.11 Å². The molecule has 0 saturated carbocycles. The third kappa shape index (κ3) is 2.54. The largest absolute Gasteiger partial charge is 0.496 e. The van der Waals surface area contributed by atoms with Gasteiger partial charge in [-0.15, -0.1) is 0 Å². The van der Waals surface area contributed by atoms with Crippen molar-refractivity contribution in [2.75, 3.05) is 7.11 Å². The van der Waals surface area contributed by atoms with E-state index in [9.17, 15) is 9.59 Å². The van der Waals surface area contributed by atoms with E-state index in [0.717, 1.165) is 23.0 Å². The molecule has 0 aromatic heterocycles. The number of methoxy groups -OCH3 is 1. The molecule has 0 radical (unpaired) electrons. The molecule has 20 heavy (non-hydrogen) atoms. The van der Waals surface area contributed by atoms with E-state index < -0.39 is 5.97 Å². The Balaban J connectivity index is 2.53. The Morgan fingerprint density at radius 2 is 1.85 bits per heavy atom. The molecule has 0 spiro atoms. The van der Waals surface area contributed by atoms with Gasteiger partial charge in [-0.05, 0) is 42.3 Å². The molecule has 0 amide bonds. The van der Waals surface area contributed by atoms with Gasteiger partial charge in [-0.25, -0.2) is 4.79 Å². The smallest absolute Gasteiger partial charge is 0.335 e. The monoisotopic (exact) mass is 270 g/mol. The van der Waals surface area contributed by atoms with Gasteiger partial charge in [0.25, 0.3) is 0 Å². The minimum atomic E-state index is -0.962. The number of aryl methyl sites for hydroxylation is 1. The lowest BCUT2D eigenvalue weighted by Gasteiger charge is -2.11. The predicted octanol–water partition coefficient (Wildman–Crippen LogP) is 3.18. The van der Waals surface area contributed by atoms with E-state index >= 15 is 0 Å². The highest BCUT2D eigenvalue weighted by Gasteiger charge is 2.10. The average molecular weight is 270 g/mol. The number of hydrogen-bond donors (Lipinski definition) is 1. The van der Waals surface area contributed by atoms with Crippen molar-refractivity contribution in [3.63, 3.8) is 0 Å². The van der Waals surface area contributed by atoms with Crippen LogP contribution < -0.4 is 4.74 Å². The second kappa shape index (κ2) is 5.57. The number of ether oxygens (including phenoxy) is 1. The lowest BCUT2D eigenvalue weighted by atomic mass is 9.98. The van der Waals surface area contributed by atoms with Crippen LogP contribution in [0, 0.1) is 6.92 Å². The molecule has 102 valence electrons. The van der Waals surface area contributed by atoms with Crippen LogP contribution in [0.4, 0.5) is 0 Å². The molecule has 2 rings (SSSR count).